The number of anilines is 2. The zero-order valence-corrected chi connectivity index (χ0v) is 22.6. The molecule has 39 heavy (non-hydrogen) atoms. The minimum atomic E-state index is -2.62. The molecule has 3 aliphatic heterocycles. The Morgan fingerprint density at radius 1 is 1.15 bits per heavy atom. The van der Waals surface area contributed by atoms with Crippen LogP contribution in [0, 0.1) is 0 Å². The van der Waals surface area contributed by atoms with Gasteiger partial charge in [0.25, 0.3) is 6.43 Å². The van der Waals surface area contributed by atoms with E-state index < -0.39 is 6.43 Å². The molecule has 3 aromatic rings. The number of aromatic nitrogens is 3. The fraction of sp³-hybridized carbons (Fsp3) is 0.500. The Balaban J connectivity index is 1.45. The number of halogens is 2. The van der Waals surface area contributed by atoms with Gasteiger partial charge in [0, 0.05) is 79.6 Å². The Morgan fingerprint density at radius 2 is 1.97 bits per heavy atom. The molecule has 1 saturated heterocycles. The number of benzene rings is 1. The van der Waals surface area contributed by atoms with Crippen LogP contribution in [0.15, 0.2) is 30.5 Å². The average molecular weight is 536 g/mol. The van der Waals surface area contributed by atoms with E-state index in [1.54, 1.807) is 19.2 Å². The number of hydrogen-bond acceptors (Lipinski definition) is 5. The lowest BCUT2D eigenvalue weighted by molar-refractivity contribution is -0.129. The molecule has 0 aliphatic carbocycles. The van der Waals surface area contributed by atoms with Crippen LogP contribution in [0.25, 0.3) is 11.1 Å². The molecular weight excluding hydrogens is 500 g/mol. The second-order valence-corrected chi connectivity index (χ2v) is 10.7. The number of carbonyl (C=O) groups excluding carboxylic acids is 1. The van der Waals surface area contributed by atoms with E-state index in [1.807, 2.05) is 30.0 Å². The van der Waals surface area contributed by atoms with Crippen molar-refractivity contribution in [2.75, 3.05) is 31.2 Å². The molecule has 1 fully saturated rings. The highest BCUT2D eigenvalue weighted by atomic mass is 19.3. The van der Waals surface area contributed by atoms with Gasteiger partial charge in [-0.25, -0.2) is 8.78 Å². The SMILES string of the molecule is CCc1ccc(-c2cc3c(cc2C(F)F)N(c2nn(C4CCOCC4)c4c2CN(C(C)=O)CC4)CCC3)cn1. The molecule has 0 saturated carbocycles. The molecule has 0 N–H and O–H groups in total. The van der Waals surface area contributed by atoms with Gasteiger partial charge in [-0.15, -0.1) is 0 Å². The van der Waals surface area contributed by atoms with E-state index in [0.717, 1.165) is 72.5 Å². The normalized spacial score (nSPS) is 17.9. The number of fused-ring (bicyclic) bond motifs is 2. The molecule has 0 spiro atoms. The summed E-state index contributed by atoms with van der Waals surface area (Å²) >= 11 is 0. The molecule has 7 nitrogen and oxygen atoms in total. The number of amides is 1. The fourth-order valence-corrected chi connectivity index (χ4v) is 6.24. The van der Waals surface area contributed by atoms with Crippen LogP contribution in [0.5, 0.6) is 0 Å². The smallest absolute Gasteiger partial charge is 0.264 e. The number of carbonyl (C=O) groups is 1. The summed E-state index contributed by atoms with van der Waals surface area (Å²) in [6, 6.07) is 7.63. The standard InChI is InChI=1S/C30H35F2N5O2/c1-3-22-7-6-21(17-33-22)24-15-20-5-4-11-36(28(20)16-25(24)29(31)32)30-26-18-35(19(2)38)12-8-27(26)37(34-30)23-9-13-39-14-10-23/h6-7,15-17,23,29H,3-5,8-14,18H2,1-2H3. The Morgan fingerprint density at radius 3 is 2.67 bits per heavy atom. The molecule has 1 aromatic carbocycles. The lowest BCUT2D eigenvalue weighted by Crippen LogP contribution is -2.36. The number of ether oxygens (including phenoxy) is 1. The van der Waals surface area contributed by atoms with Gasteiger partial charge in [-0.3, -0.25) is 14.5 Å². The van der Waals surface area contributed by atoms with E-state index in [2.05, 4.69) is 14.6 Å². The van der Waals surface area contributed by atoms with Crippen molar-refractivity contribution < 1.29 is 18.3 Å². The first-order valence-electron chi connectivity index (χ1n) is 14.1. The molecule has 1 amide bonds. The van der Waals surface area contributed by atoms with E-state index in [9.17, 15) is 13.6 Å². The molecule has 206 valence electrons. The molecule has 6 rings (SSSR count). The maximum Gasteiger partial charge on any atom is 0.264 e. The minimum absolute atomic E-state index is 0.00907. The summed E-state index contributed by atoms with van der Waals surface area (Å²) in [7, 11) is 0. The largest absolute Gasteiger partial charge is 0.381 e. The summed E-state index contributed by atoms with van der Waals surface area (Å²) in [6.07, 6.45) is 4.11. The van der Waals surface area contributed by atoms with Crippen LogP contribution in [0.3, 0.4) is 0 Å². The molecule has 2 aromatic heterocycles. The number of hydrogen-bond donors (Lipinski definition) is 0. The Bertz CT molecular complexity index is 1360. The summed E-state index contributed by atoms with van der Waals surface area (Å²) in [5, 5.41) is 5.16. The lowest BCUT2D eigenvalue weighted by Gasteiger charge is -2.33. The van der Waals surface area contributed by atoms with Crippen LogP contribution in [0.1, 0.15) is 73.7 Å². The van der Waals surface area contributed by atoms with Crippen molar-refractivity contribution in [1.82, 2.24) is 19.7 Å². The van der Waals surface area contributed by atoms with Gasteiger partial charge in [-0.05, 0) is 61.4 Å². The second kappa shape index (κ2) is 10.7. The van der Waals surface area contributed by atoms with Crippen molar-refractivity contribution in [2.24, 2.45) is 0 Å². The summed E-state index contributed by atoms with van der Waals surface area (Å²) < 4.78 is 36.8. The van der Waals surface area contributed by atoms with E-state index in [-0.39, 0.29) is 17.5 Å². The van der Waals surface area contributed by atoms with Gasteiger partial charge in [-0.2, -0.15) is 5.10 Å². The molecule has 3 aliphatic rings. The van der Waals surface area contributed by atoms with Crippen molar-refractivity contribution in [3.8, 4) is 11.1 Å². The van der Waals surface area contributed by atoms with Crippen LogP contribution in [0.2, 0.25) is 0 Å². The first-order chi connectivity index (χ1) is 18.9. The molecule has 0 unspecified atom stereocenters. The van der Waals surface area contributed by atoms with Crippen molar-refractivity contribution >= 4 is 17.4 Å². The zero-order valence-electron chi connectivity index (χ0n) is 22.6. The predicted molar refractivity (Wildman–Crippen MR) is 145 cm³/mol. The van der Waals surface area contributed by atoms with Gasteiger partial charge in [0.15, 0.2) is 5.82 Å². The first-order valence-corrected chi connectivity index (χ1v) is 14.1. The monoisotopic (exact) mass is 535 g/mol. The van der Waals surface area contributed by atoms with Crippen molar-refractivity contribution in [3.05, 3.63) is 58.5 Å². The van der Waals surface area contributed by atoms with Crippen molar-refractivity contribution in [2.45, 2.75) is 71.4 Å². The van der Waals surface area contributed by atoms with Crippen molar-refractivity contribution in [3.63, 3.8) is 0 Å². The zero-order chi connectivity index (χ0) is 27.1. The highest BCUT2D eigenvalue weighted by molar-refractivity contribution is 5.78. The third-order valence-electron chi connectivity index (χ3n) is 8.40. The maximum absolute atomic E-state index is 14.5. The first kappa shape index (κ1) is 25.9. The summed E-state index contributed by atoms with van der Waals surface area (Å²) in [6.45, 7) is 6.88. The molecule has 9 heteroatoms. The minimum Gasteiger partial charge on any atom is -0.381 e. The van der Waals surface area contributed by atoms with Gasteiger partial charge >= 0.3 is 0 Å². The maximum atomic E-state index is 14.5. The van der Waals surface area contributed by atoms with Gasteiger partial charge < -0.3 is 14.5 Å². The van der Waals surface area contributed by atoms with E-state index in [1.165, 1.54) is 0 Å². The second-order valence-electron chi connectivity index (χ2n) is 10.7. The summed E-state index contributed by atoms with van der Waals surface area (Å²) in [4.78, 5) is 20.7. The van der Waals surface area contributed by atoms with Gasteiger partial charge in [0.05, 0.1) is 12.6 Å². The summed E-state index contributed by atoms with van der Waals surface area (Å²) in [5.41, 5.74) is 6.22. The van der Waals surface area contributed by atoms with Crippen LogP contribution < -0.4 is 4.90 Å². The Kier molecular flexibility index (Phi) is 7.10. The van der Waals surface area contributed by atoms with E-state index in [0.29, 0.717) is 44.0 Å². The van der Waals surface area contributed by atoms with Crippen LogP contribution in [-0.2, 0) is 35.3 Å². The number of rotatable bonds is 5. The van der Waals surface area contributed by atoms with Crippen LogP contribution in [0.4, 0.5) is 20.3 Å². The quantitative estimate of drug-likeness (QED) is 0.414. The third-order valence-corrected chi connectivity index (χ3v) is 8.40. The van der Waals surface area contributed by atoms with E-state index in [4.69, 9.17) is 9.84 Å². The highest BCUT2D eigenvalue weighted by Crippen LogP contribution is 2.43. The van der Waals surface area contributed by atoms with Crippen LogP contribution in [-0.4, -0.2) is 51.9 Å². The lowest BCUT2D eigenvalue weighted by atomic mass is 9.92. The van der Waals surface area contributed by atoms with Gasteiger partial charge in [0.1, 0.15) is 0 Å². The molecule has 5 heterocycles. The third kappa shape index (κ3) is 4.81. The Labute approximate surface area is 227 Å². The van der Waals surface area contributed by atoms with Gasteiger partial charge in [-0.1, -0.05) is 13.0 Å². The number of pyridine rings is 1. The molecular formula is C30H35F2N5O2. The summed E-state index contributed by atoms with van der Waals surface area (Å²) in [5.74, 6) is 0.835. The van der Waals surface area contributed by atoms with Gasteiger partial charge in [0.2, 0.25) is 5.91 Å². The van der Waals surface area contributed by atoms with Crippen LogP contribution >= 0.6 is 0 Å². The van der Waals surface area contributed by atoms with Crippen molar-refractivity contribution in [1.29, 1.82) is 0 Å². The molecule has 0 radical (unpaired) electrons. The highest BCUT2D eigenvalue weighted by Gasteiger charge is 2.34. The van der Waals surface area contributed by atoms with E-state index >= 15 is 0 Å². The fourth-order valence-electron chi connectivity index (χ4n) is 6.24. The molecule has 0 atom stereocenters. The number of nitrogens with zero attached hydrogens (tertiary/aromatic N) is 5. The number of aryl methyl sites for hydroxylation is 2. The predicted octanol–water partition coefficient (Wildman–Crippen LogP) is 5.79. The molecule has 0 bridgehead atoms. The average Bonchev–Trinajstić information content (AvgIpc) is 3.35. The number of alkyl halides is 2. The topological polar surface area (TPSA) is 63.5 Å². The Hall–Kier alpha value is -3.33.